The van der Waals surface area contributed by atoms with E-state index in [1.807, 2.05) is 0 Å². The lowest BCUT2D eigenvalue weighted by molar-refractivity contribution is -0.113. The van der Waals surface area contributed by atoms with Crippen LogP contribution in [0.25, 0.3) is 0 Å². The first-order valence-electron chi connectivity index (χ1n) is 4.97. The number of halogens is 4. The van der Waals surface area contributed by atoms with Gasteiger partial charge in [-0.25, -0.2) is 8.78 Å². The normalized spacial score (nSPS) is 21.1. The largest absolute Gasteiger partial charge is 0.324 e. The summed E-state index contributed by atoms with van der Waals surface area (Å²) in [5.41, 5.74) is 0.869. The Labute approximate surface area is 107 Å². The second-order valence-corrected chi connectivity index (χ2v) is 4.61. The van der Waals surface area contributed by atoms with Gasteiger partial charge in [0.2, 0.25) is 5.91 Å². The molecule has 1 amide bonds. The molecule has 1 fully saturated rings. The van der Waals surface area contributed by atoms with Gasteiger partial charge in [0, 0.05) is 6.42 Å². The SMILES string of the molecule is O=C(CCl)Nc1ccc(C2CC2(F)F)cc1Cl. The zero-order valence-electron chi connectivity index (χ0n) is 8.64. The minimum atomic E-state index is -2.62. The van der Waals surface area contributed by atoms with E-state index in [-0.39, 0.29) is 17.3 Å². The predicted octanol–water partition coefficient (Wildman–Crippen LogP) is 3.64. The maximum atomic E-state index is 12.8. The van der Waals surface area contributed by atoms with Crippen LogP contribution < -0.4 is 5.32 Å². The molecule has 1 aromatic rings. The van der Waals surface area contributed by atoms with Crippen molar-refractivity contribution < 1.29 is 13.6 Å². The third-order valence-corrected chi connectivity index (χ3v) is 3.17. The van der Waals surface area contributed by atoms with Gasteiger partial charge in [-0.15, -0.1) is 11.6 Å². The third kappa shape index (κ3) is 2.69. The Morgan fingerprint density at radius 1 is 1.53 bits per heavy atom. The monoisotopic (exact) mass is 279 g/mol. The molecule has 0 radical (unpaired) electrons. The van der Waals surface area contributed by atoms with Crippen LogP contribution in [-0.4, -0.2) is 17.7 Å². The molecule has 1 unspecified atom stereocenters. The van der Waals surface area contributed by atoms with E-state index in [0.717, 1.165) is 0 Å². The van der Waals surface area contributed by atoms with Gasteiger partial charge >= 0.3 is 0 Å². The molecule has 0 aromatic heterocycles. The molecule has 1 aliphatic carbocycles. The molecule has 17 heavy (non-hydrogen) atoms. The number of anilines is 1. The van der Waals surface area contributed by atoms with Crippen molar-refractivity contribution in [2.45, 2.75) is 18.3 Å². The highest BCUT2D eigenvalue weighted by atomic mass is 35.5. The van der Waals surface area contributed by atoms with Crippen molar-refractivity contribution in [1.82, 2.24) is 0 Å². The number of benzene rings is 1. The number of carbonyl (C=O) groups excluding carboxylic acids is 1. The average molecular weight is 280 g/mol. The van der Waals surface area contributed by atoms with E-state index in [1.165, 1.54) is 12.1 Å². The molecule has 0 bridgehead atoms. The highest BCUT2D eigenvalue weighted by molar-refractivity contribution is 6.34. The van der Waals surface area contributed by atoms with Crippen molar-refractivity contribution >= 4 is 34.8 Å². The lowest BCUT2D eigenvalue weighted by Crippen LogP contribution is -2.12. The first kappa shape index (κ1) is 12.6. The quantitative estimate of drug-likeness (QED) is 0.841. The fourth-order valence-electron chi connectivity index (χ4n) is 1.61. The van der Waals surface area contributed by atoms with Crippen LogP contribution in [0, 0.1) is 0 Å². The number of carbonyl (C=O) groups is 1. The molecule has 2 rings (SSSR count). The minimum absolute atomic E-state index is 0.142. The van der Waals surface area contributed by atoms with Crippen molar-refractivity contribution in [1.29, 1.82) is 0 Å². The van der Waals surface area contributed by atoms with Crippen LogP contribution in [0.15, 0.2) is 18.2 Å². The predicted molar refractivity (Wildman–Crippen MR) is 63.1 cm³/mol. The fourth-order valence-corrected chi connectivity index (χ4v) is 1.91. The van der Waals surface area contributed by atoms with Crippen LogP contribution in [0.2, 0.25) is 5.02 Å². The van der Waals surface area contributed by atoms with Crippen molar-refractivity contribution in [3.63, 3.8) is 0 Å². The Bertz CT molecular complexity index is 465. The van der Waals surface area contributed by atoms with Crippen molar-refractivity contribution in [2.75, 3.05) is 11.2 Å². The summed E-state index contributed by atoms with van der Waals surface area (Å²) in [5.74, 6) is -3.95. The number of rotatable bonds is 3. The summed E-state index contributed by atoms with van der Waals surface area (Å²) in [4.78, 5) is 11.0. The van der Waals surface area contributed by atoms with Gasteiger partial charge in [0.15, 0.2) is 0 Å². The van der Waals surface area contributed by atoms with Gasteiger partial charge in [-0.1, -0.05) is 17.7 Å². The van der Waals surface area contributed by atoms with Crippen molar-refractivity contribution in [3.05, 3.63) is 28.8 Å². The molecule has 0 aliphatic heterocycles. The Hall–Kier alpha value is -0.870. The van der Waals surface area contributed by atoms with Crippen LogP contribution in [-0.2, 0) is 4.79 Å². The lowest BCUT2D eigenvalue weighted by atomic mass is 10.1. The zero-order valence-corrected chi connectivity index (χ0v) is 10.2. The van der Waals surface area contributed by atoms with E-state index >= 15 is 0 Å². The lowest BCUT2D eigenvalue weighted by Gasteiger charge is -2.07. The van der Waals surface area contributed by atoms with E-state index in [4.69, 9.17) is 23.2 Å². The van der Waals surface area contributed by atoms with Gasteiger partial charge in [0.1, 0.15) is 5.88 Å². The third-order valence-electron chi connectivity index (χ3n) is 2.62. The van der Waals surface area contributed by atoms with Crippen molar-refractivity contribution in [3.8, 4) is 0 Å². The van der Waals surface area contributed by atoms with Gasteiger partial charge in [0.05, 0.1) is 16.6 Å². The molecule has 1 atom stereocenters. The van der Waals surface area contributed by atoms with Crippen LogP contribution in [0.5, 0.6) is 0 Å². The van der Waals surface area contributed by atoms with Gasteiger partial charge in [0.25, 0.3) is 5.92 Å². The highest BCUT2D eigenvalue weighted by Gasteiger charge is 2.57. The molecule has 1 saturated carbocycles. The smallest absolute Gasteiger partial charge is 0.255 e. The minimum Gasteiger partial charge on any atom is -0.324 e. The second kappa shape index (κ2) is 4.42. The maximum absolute atomic E-state index is 12.8. The molecule has 0 heterocycles. The van der Waals surface area contributed by atoms with E-state index in [9.17, 15) is 13.6 Å². The van der Waals surface area contributed by atoms with Gasteiger partial charge in [-0.05, 0) is 17.7 Å². The molecule has 0 saturated heterocycles. The Morgan fingerprint density at radius 2 is 2.18 bits per heavy atom. The molecule has 0 spiro atoms. The van der Waals surface area contributed by atoms with Crippen LogP contribution in [0.3, 0.4) is 0 Å². The van der Waals surface area contributed by atoms with E-state index in [1.54, 1.807) is 6.07 Å². The molecule has 92 valence electrons. The van der Waals surface area contributed by atoms with Gasteiger partial charge < -0.3 is 5.32 Å². The summed E-state index contributed by atoms with van der Waals surface area (Å²) in [6.45, 7) is 0. The zero-order chi connectivity index (χ0) is 12.6. The van der Waals surface area contributed by atoms with Crippen LogP contribution in [0.1, 0.15) is 17.9 Å². The van der Waals surface area contributed by atoms with E-state index in [2.05, 4.69) is 5.32 Å². The Kier molecular flexibility index (Phi) is 3.27. The number of nitrogens with one attached hydrogen (secondary N) is 1. The fraction of sp³-hybridized carbons (Fsp3) is 0.364. The summed E-state index contributed by atoms with van der Waals surface area (Å²) in [6.07, 6.45) is -0.142. The maximum Gasteiger partial charge on any atom is 0.255 e. The number of hydrogen-bond donors (Lipinski definition) is 1. The second-order valence-electron chi connectivity index (χ2n) is 3.94. The average Bonchev–Trinajstić information content (AvgIpc) is 2.90. The Morgan fingerprint density at radius 3 is 2.65 bits per heavy atom. The molecule has 1 aliphatic rings. The van der Waals surface area contributed by atoms with Crippen LogP contribution in [0.4, 0.5) is 14.5 Å². The summed E-state index contributed by atoms with van der Waals surface area (Å²) < 4.78 is 25.7. The number of hydrogen-bond acceptors (Lipinski definition) is 1. The highest BCUT2D eigenvalue weighted by Crippen LogP contribution is 2.56. The first-order chi connectivity index (χ1) is 7.94. The van der Waals surface area contributed by atoms with Gasteiger partial charge in [-0.3, -0.25) is 4.79 Å². The first-order valence-corrected chi connectivity index (χ1v) is 5.88. The van der Waals surface area contributed by atoms with Gasteiger partial charge in [-0.2, -0.15) is 0 Å². The number of alkyl halides is 3. The molecule has 1 aromatic carbocycles. The molecular formula is C11H9Cl2F2NO. The molecule has 1 N–H and O–H groups in total. The summed E-state index contributed by atoms with van der Waals surface area (Å²) in [7, 11) is 0. The molecule has 2 nitrogen and oxygen atoms in total. The molecular weight excluding hydrogens is 271 g/mol. The van der Waals surface area contributed by atoms with Crippen molar-refractivity contribution in [2.24, 2.45) is 0 Å². The van der Waals surface area contributed by atoms with Crippen LogP contribution >= 0.6 is 23.2 Å². The Balaban J connectivity index is 2.15. The van der Waals surface area contributed by atoms with E-state index in [0.29, 0.717) is 11.3 Å². The molecule has 6 heteroatoms. The number of amides is 1. The topological polar surface area (TPSA) is 29.1 Å². The standard InChI is InChI=1S/C11H9Cl2F2NO/c12-5-10(17)16-9-2-1-6(3-8(9)13)7-4-11(7,14)15/h1-3,7H,4-5H2,(H,16,17). The van der Waals surface area contributed by atoms with E-state index < -0.39 is 17.7 Å². The summed E-state index contributed by atoms with van der Waals surface area (Å²) in [6, 6.07) is 4.51. The summed E-state index contributed by atoms with van der Waals surface area (Å²) in [5, 5.41) is 2.72. The summed E-state index contributed by atoms with van der Waals surface area (Å²) >= 11 is 11.2.